The number of carbonyl (C=O) groups is 1. The van der Waals surface area contributed by atoms with E-state index in [1.165, 1.54) is 24.3 Å². The molecule has 0 amide bonds. The van der Waals surface area contributed by atoms with Crippen molar-refractivity contribution in [3.05, 3.63) is 40.6 Å². The zero-order chi connectivity index (χ0) is 18.3. The second-order valence-electron chi connectivity index (χ2n) is 5.20. The SMILES string of the molecule is CC(=O)Oc1c(O)cc(O)c2c(=O)c(O)c(-c3ccc(O)cc3)oc12. The Kier molecular flexibility index (Phi) is 3.72. The van der Waals surface area contributed by atoms with Crippen LogP contribution in [0.15, 0.2) is 39.5 Å². The van der Waals surface area contributed by atoms with Gasteiger partial charge in [0.25, 0.3) is 0 Å². The van der Waals surface area contributed by atoms with E-state index in [9.17, 15) is 30.0 Å². The van der Waals surface area contributed by atoms with Gasteiger partial charge in [-0.2, -0.15) is 0 Å². The molecule has 0 fully saturated rings. The lowest BCUT2D eigenvalue weighted by atomic mass is 10.1. The van der Waals surface area contributed by atoms with E-state index in [2.05, 4.69) is 0 Å². The number of hydrogen-bond donors (Lipinski definition) is 4. The van der Waals surface area contributed by atoms with Crippen molar-refractivity contribution in [3.63, 3.8) is 0 Å². The average molecular weight is 344 g/mol. The van der Waals surface area contributed by atoms with Crippen LogP contribution in [0.25, 0.3) is 22.3 Å². The summed E-state index contributed by atoms with van der Waals surface area (Å²) in [4.78, 5) is 23.7. The maximum absolute atomic E-state index is 12.4. The molecule has 4 N–H and O–H groups in total. The summed E-state index contributed by atoms with van der Waals surface area (Å²) in [7, 11) is 0. The Labute approximate surface area is 139 Å². The maximum atomic E-state index is 12.4. The third-order valence-corrected chi connectivity index (χ3v) is 3.43. The number of phenolic OH excluding ortho intramolecular Hbond substituents is 3. The second kappa shape index (κ2) is 5.75. The van der Waals surface area contributed by atoms with Crippen molar-refractivity contribution in [1.29, 1.82) is 0 Å². The van der Waals surface area contributed by atoms with Gasteiger partial charge in [-0.15, -0.1) is 0 Å². The second-order valence-corrected chi connectivity index (χ2v) is 5.20. The van der Waals surface area contributed by atoms with Crippen molar-refractivity contribution in [3.8, 4) is 40.1 Å². The van der Waals surface area contributed by atoms with Crippen molar-refractivity contribution < 1.29 is 34.4 Å². The molecule has 0 saturated heterocycles. The molecule has 128 valence electrons. The number of phenols is 3. The topological polar surface area (TPSA) is 137 Å². The molecule has 0 aliphatic heterocycles. The van der Waals surface area contributed by atoms with Gasteiger partial charge in [-0.25, -0.2) is 0 Å². The Morgan fingerprint density at radius 2 is 1.68 bits per heavy atom. The van der Waals surface area contributed by atoms with Gasteiger partial charge in [0.15, 0.2) is 17.1 Å². The summed E-state index contributed by atoms with van der Waals surface area (Å²) in [5.74, 6) is -3.62. The highest BCUT2D eigenvalue weighted by Crippen LogP contribution is 2.42. The lowest BCUT2D eigenvalue weighted by Crippen LogP contribution is -2.07. The third-order valence-electron chi connectivity index (χ3n) is 3.43. The summed E-state index contributed by atoms with van der Waals surface area (Å²) in [5.41, 5.74) is -1.14. The molecule has 0 atom stereocenters. The van der Waals surface area contributed by atoms with Crippen LogP contribution in [-0.2, 0) is 4.79 Å². The van der Waals surface area contributed by atoms with Crippen LogP contribution in [0, 0.1) is 0 Å². The molecule has 0 spiro atoms. The molecule has 0 aliphatic carbocycles. The van der Waals surface area contributed by atoms with Crippen LogP contribution in [0.3, 0.4) is 0 Å². The number of esters is 1. The van der Waals surface area contributed by atoms with Gasteiger partial charge < -0.3 is 29.6 Å². The van der Waals surface area contributed by atoms with Gasteiger partial charge in [-0.3, -0.25) is 9.59 Å². The van der Waals surface area contributed by atoms with Crippen molar-refractivity contribution >= 4 is 16.9 Å². The van der Waals surface area contributed by atoms with Crippen LogP contribution >= 0.6 is 0 Å². The maximum Gasteiger partial charge on any atom is 0.308 e. The van der Waals surface area contributed by atoms with E-state index in [1.807, 2.05) is 0 Å². The number of benzene rings is 2. The fourth-order valence-electron chi connectivity index (χ4n) is 2.35. The fraction of sp³-hybridized carbons (Fsp3) is 0.0588. The highest BCUT2D eigenvalue weighted by Gasteiger charge is 2.24. The Bertz CT molecular complexity index is 1050. The predicted octanol–water partition coefficient (Wildman–Crippen LogP) is 2.21. The molecule has 0 aliphatic rings. The van der Waals surface area contributed by atoms with Crippen LogP contribution in [0.1, 0.15) is 6.92 Å². The van der Waals surface area contributed by atoms with E-state index in [0.29, 0.717) is 0 Å². The highest BCUT2D eigenvalue weighted by atomic mass is 16.5. The molecule has 8 nitrogen and oxygen atoms in total. The number of hydrogen-bond acceptors (Lipinski definition) is 8. The molecular weight excluding hydrogens is 332 g/mol. The van der Waals surface area contributed by atoms with E-state index in [4.69, 9.17) is 9.15 Å². The zero-order valence-electron chi connectivity index (χ0n) is 12.8. The van der Waals surface area contributed by atoms with E-state index >= 15 is 0 Å². The van der Waals surface area contributed by atoms with E-state index in [-0.39, 0.29) is 17.1 Å². The van der Waals surface area contributed by atoms with Crippen LogP contribution in [0.2, 0.25) is 0 Å². The summed E-state index contributed by atoms with van der Waals surface area (Å²) in [5, 5.41) is 38.8. The summed E-state index contributed by atoms with van der Waals surface area (Å²) >= 11 is 0. The first-order chi connectivity index (χ1) is 11.8. The Balaban J connectivity index is 2.41. The van der Waals surface area contributed by atoms with Crippen LogP contribution in [0.4, 0.5) is 0 Å². The van der Waals surface area contributed by atoms with Crippen LogP contribution in [0.5, 0.6) is 28.7 Å². The van der Waals surface area contributed by atoms with Gasteiger partial charge >= 0.3 is 5.97 Å². The lowest BCUT2D eigenvalue weighted by molar-refractivity contribution is -0.131. The van der Waals surface area contributed by atoms with Gasteiger partial charge in [0, 0.05) is 18.6 Å². The van der Waals surface area contributed by atoms with Crippen molar-refractivity contribution in [1.82, 2.24) is 0 Å². The molecule has 3 aromatic rings. The lowest BCUT2D eigenvalue weighted by Gasteiger charge is -2.11. The highest BCUT2D eigenvalue weighted by molar-refractivity contribution is 5.94. The normalized spacial score (nSPS) is 10.8. The minimum absolute atomic E-state index is 0.0396. The molecule has 25 heavy (non-hydrogen) atoms. The van der Waals surface area contributed by atoms with E-state index < -0.39 is 45.4 Å². The van der Waals surface area contributed by atoms with Crippen molar-refractivity contribution in [2.75, 3.05) is 0 Å². The molecule has 8 heteroatoms. The van der Waals surface area contributed by atoms with Crippen molar-refractivity contribution in [2.24, 2.45) is 0 Å². The summed E-state index contributed by atoms with van der Waals surface area (Å²) in [6, 6.07) is 6.19. The first kappa shape index (κ1) is 16.2. The molecule has 2 aromatic carbocycles. The van der Waals surface area contributed by atoms with E-state index in [0.717, 1.165) is 13.0 Å². The van der Waals surface area contributed by atoms with Crippen LogP contribution < -0.4 is 10.2 Å². The smallest absolute Gasteiger partial charge is 0.308 e. The molecular formula is C17H12O8. The molecule has 0 radical (unpaired) electrons. The van der Waals surface area contributed by atoms with Gasteiger partial charge in [-0.05, 0) is 24.3 Å². The quantitative estimate of drug-likeness (QED) is 0.410. The summed E-state index contributed by atoms with van der Waals surface area (Å²) in [6.07, 6.45) is 0. The Morgan fingerprint density at radius 1 is 1.04 bits per heavy atom. The van der Waals surface area contributed by atoms with Gasteiger partial charge in [-0.1, -0.05) is 0 Å². The molecule has 1 heterocycles. The largest absolute Gasteiger partial charge is 0.508 e. The van der Waals surface area contributed by atoms with E-state index in [1.54, 1.807) is 0 Å². The monoisotopic (exact) mass is 344 g/mol. The number of rotatable bonds is 2. The minimum atomic E-state index is -0.977. The average Bonchev–Trinajstić information content (AvgIpc) is 2.54. The first-order valence-electron chi connectivity index (χ1n) is 7.02. The number of aromatic hydroxyl groups is 4. The number of carbonyl (C=O) groups excluding carboxylic acids is 1. The van der Waals surface area contributed by atoms with Gasteiger partial charge in [0.05, 0.1) is 0 Å². The molecule has 0 bridgehead atoms. The molecule has 0 unspecified atom stereocenters. The van der Waals surface area contributed by atoms with Crippen molar-refractivity contribution in [2.45, 2.75) is 6.92 Å². The number of fused-ring (bicyclic) bond motifs is 1. The Morgan fingerprint density at radius 3 is 2.28 bits per heavy atom. The third kappa shape index (κ3) is 2.69. The number of ether oxygens (including phenoxy) is 1. The molecule has 3 rings (SSSR count). The summed E-state index contributed by atoms with van der Waals surface area (Å²) in [6.45, 7) is 1.08. The predicted molar refractivity (Wildman–Crippen MR) is 85.9 cm³/mol. The minimum Gasteiger partial charge on any atom is -0.508 e. The molecule has 0 saturated carbocycles. The van der Waals surface area contributed by atoms with Gasteiger partial charge in [0.2, 0.25) is 16.9 Å². The first-order valence-corrected chi connectivity index (χ1v) is 7.02. The fourth-order valence-corrected chi connectivity index (χ4v) is 2.35. The standard InChI is InChI=1S/C17H12O8/c1-7(18)24-16-11(21)6-10(20)12-13(22)14(23)15(25-17(12)16)8-2-4-9(19)5-3-8/h2-6,19-21,23H,1H3. The van der Waals surface area contributed by atoms with Gasteiger partial charge in [0.1, 0.15) is 16.9 Å². The zero-order valence-corrected chi connectivity index (χ0v) is 12.8. The van der Waals surface area contributed by atoms with Crippen LogP contribution in [-0.4, -0.2) is 26.4 Å². The molecule has 1 aromatic heterocycles. The Hall–Kier alpha value is -3.68. The summed E-state index contributed by atoms with van der Waals surface area (Å²) < 4.78 is 10.3.